The van der Waals surface area contributed by atoms with Crippen molar-refractivity contribution in [2.45, 2.75) is 39.5 Å². The first-order chi connectivity index (χ1) is 14.6. The third kappa shape index (κ3) is 4.91. The van der Waals surface area contributed by atoms with Gasteiger partial charge in [0, 0.05) is 50.5 Å². The highest BCUT2D eigenvalue weighted by Gasteiger charge is 2.12. The van der Waals surface area contributed by atoms with Gasteiger partial charge < -0.3 is 15.6 Å². The van der Waals surface area contributed by atoms with Gasteiger partial charge >= 0.3 is 0 Å². The average Bonchev–Trinajstić information content (AvgIpc) is 3.30. The van der Waals surface area contributed by atoms with E-state index in [1.54, 1.807) is 23.7 Å². The van der Waals surface area contributed by atoms with Crippen molar-refractivity contribution in [3.63, 3.8) is 0 Å². The van der Waals surface area contributed by atoms with Crippen LogP contribution < -0.4 is 10.6 Å². The topological polar surface area (TPSA) is 90.9 Å². The number of hydrogen-bond acceptors (Lipinski definition) is 7. The Morgan fingerprint density at radius 1 is 1.20 bits per heavy atom. The zero-order valence-electron chi connectivity index (χ0n) is 17.3. The van der Waals surface area contributed by atoms with Crippen LogP contribution in [0.3, 0.4) is 0 Å². The number of hydrogen-bond donors (Lipinski definition) is 3. The average molecular weight is 428 g/mol. The van der Waals surface area contributed by atoms with Crippen LogP contribution in [0.25, 0.3) is 10.2 Å². The normalized spacial score (nSPS) is 14.1. The molecule has 4 heterocycles. The Morgan fingerprint density at radius 2 is 2.07 bits per heavy atom. The molecule has 0 aliphatic carbocycles. The van der Waals surface area contributed by atoms with E-state index < -0.39 is 0 Å². The van der Waals surface area contributed by atoms with Gasteiger partial charge in [0.15, 0.2) is 5.82 Å². The maximum Gasteiger partial charge on any atom is 0.153 e. The number of fused-ring (bicyclic) bond motifs is 1. The van der Waals surface area contributed by atoms with E-state index in [1.165, 1.54) is 0 Å². The molecule has 3 N–H and O–H groups in total. The monoisotopic (exact) mass is 427 g/mol. The first-order valence-electron chi connectivity index (χ1n) is 10.2. The molecule has 0 aromatic carbocycles. The Hall–Kier alpha value is -2.65. The van der Waals surface area contributed by atoms with Gasteiger partial charge in [-0.3, -0.25) is 4.99 Å². The van der Waals surface area contributed by atoms with Gasteiger partial charge in [0.05, 0.1) is 27.6 Å². The fourth-order valence-corrected chi connectivity index (χ4v) is 4.26. The minimum Gasteiger partial charge on any atom is -0.362 e. The third-order valence-electron chi connectivity index (χ3n) is 5.06. The first kappa shape index (κ1) is 20.6. The molecule has 3 aromatic rings. The summed E-state index contributed by atoms with van der Waals surface area (Å²) in [5.41, 5.74) is 3.47. The number of H-pyrrole nitrogens is 1. The van der Waals surface area contributed by atoms with Crippen LogP contribution in [-0.4, -0.2) is 45.8 Å². The fourth-order valence-electron chi connectivity index (χ4n) is 3.29. The first-order valence-corrected chi connectivity index (χ1v) is 11.0. The molecular formula is C21H26FN7S. The molecule has 0 bridgehead atoms. The molecule has 0 fully saturated rings. The molecule has 0 amide bonds. The van der Waals surface area contributed by atoms with Gasteiger partial charge in [-0.15, -0.1) is 11.3 Å². The fraction of sp³-hybridized carbons (Fsp3) is 0.429. The number of aliphatic imine (C=N–C) groups is 1. The molecule has 4 rings (SSSR count). The summed E-state index contributed by atoms with van der Waals surface area (Å²) in [6, 6.07) is 1.97. The smallest absolute Gasteiger partial charge is 0.153 e. The Kier molecular flexibility index (Phi) is 6.49. The Bertz CT molecular complexity index is 1060. The van der Waals surface area contributed by atoms with Crippen LogP contribution >= 0.6 is 11.3 Å². The predicted molar refractivity (Wildman–Crippen MR) is 120 cm³/mol. The number of allylic oxidation sites excluding steroid dienone is 1. The SMILES string of the molecule is Cc1nc(CCNCCc2nc3c(NCC4=C(F)CCC=N4)nccc3s2)[nH]c1C. The van der Waals surface area contributed by atoms with Gasteiger partial charge in [0.1, 0.15) is 17.2 Å². The van der Waals surface area contributed by atoms with Gasteiger partial charge in [-0.25, -0.2) is 19.3 Å². The lowest BCUT2D eigenvalue weighted by atomic mass is 10.2. The largest absolute Gasteiger partial charge is 0.362 e. The number of aryl methyl sites for hydroxylation is 2. The van der Waals surface area contributed by atoms with Crippen molar-refractivity contribution in [3.8, 4) is 0 Å². The molecule has 3 aromatic heterocycles. The molecule has 0 unspecified atom stereocenters. The summed E-state index contributed by atoms with van der Waals surface area (Å²) < 4.78 is 15.0. The van der Waals surface area contributed by atoms with E-state index >= 15 is 0 Å². The lowest BCUT2D eigenvalue weighted by molar-refractivity contribution is 0.575. The number of pyridine rings is 1. The highest BCUT2D eigenvalue weighted by molar-refractivity contribution is 7.18. The molecule has 0 saturated carbocycles. The molecule has 30 heavy (non-hydrogen) atoms. The van der Waals surface area contributed by atoms with E-state index in [2.05, 4.69) is 30.6 Å². The van der Waals surface area contributed by atoms with Gasteiger partial charge in [0.2, 0.25) is 0 Å². The van der Waals surface area contributed by atoms with Crippen LogP contribution in [0.15, 0.2) is 28.8 Å². The summed E-state index contributed by atoms with van der Waals surface area (Å²) in [5, 5.41) is 7.71. The van der Waals surface area contributed by atoms with E-state index in [9.17, 15) is 4.39 Å². The minimum atomic E-state index is -0.151. The Balaban J connectivity index is 1.31. The van der Waals surface area contributed by atoms with E-state index in [0.717, 1.165) is 58.4 Å². The van der Waals surface area contributed by atoms with Crippen LogP contribution in [0.4, 0.5) is 10.2 Å². The second-order valence-corrected chi connectivity index (χ2v) is 8.43. The molecule has 1 aliphatic rings. The van der Waals surface area contributed by atoms with Crippen LogP contribution in [0.2, 0.25) is 0 Å². The van der Waals surface area contributed by atoms with Crippen molar-refractivity contribution in [1.29, 1.82) is 0 Å². The van der Waals surface area contributed by atoms with Crippen LogP contribution in [0.1, 0.15) is 35.1 Å². The summed E-state index contributed by atoms with van der Waals surface area (Å²) in [7, 11) is 0. The van der Waals surface area contributed by atoms with Crippen molar-refractivity contribution >= 4 is 33.6 Å². The molecule has 0 radical (unpaired) electrons. The zero-order valence-corrected chi connectivity index (χ0v) is 18.1. The summed E-state index contributed by atoms with van der Waals surface area (Å²) in [5.74, 6) is 1.54. The molecule has 0 atom stereocenters. The molecule has 0 spiro atoms. The number of thiazole rings is 1. The summed E-state index contributed by atoms with van der Waals surface area (Å²) in [6.07, 6.45) is 6.32. The van der Waals surface area contributed by atoms with E-state index in [0.29, 0.717) is 30.9 Å². The Morgan fingerprint density at radius 3 is 2.87 bits per heavy atom. The minimum absolute atomic E-state index is 0.151. The quantitative estimate of drug-likeness (QED) is 0.451. The summed E-state index contributed by atoms with van der Waals surface area (Å²) in [4.78, 5) is 21.1. The maximum absolute atomic E-state index is 13.9. The number of nitrogens with one attached hydrogen (secondary N) is 3. The van der Waals surface area contributed by atoms with E-state index in [4.69, 9.17) is 4.98 Å². The number of aromatic nitrogens is 4. The maximum atomic E-state index is 13.9. The second-order valence-electron chi connectivity index (χ2n) is 7.31. The van der Waals surface area contributed by atoms with E-state index in [-0.39, 0.29) is 5.83 Å². The van der Waals surface area contributed by atoms with Crippen molar-refractivity contribution in [1.82, 2.24) is 25.3 Å². The molecular weight excluding hydrogens is 401 g/mol. The van der Waals surface area contributed by atoms with Gasteiger partial charge in [0.25, 0.3) is 0 Å². The molecule has 9 heteroatoms. The lowest BCUT2D eigenvalue weighted by Crippen LogP contribution is -2.20. The van der Waals surface area contributed by atoms with Crippen molar-refractivity contribution < 1.29 is 4.39 Å². The number of halogens is 1. The number of rotatable bonds is 9. The second kappa shape index (κ2) is 9.44. The predicted octanol–water partition coefficient (Wildman–Crippen LogP) is 3.86. The standard InChI is InChI=1S/C21H26FN7S/c1-13-14(2)28-18(27-13)6-9-23-10-7-19-29-20-17(30-19)5-11-25-21(20)26-12-16-15(22)4-3-8-24-16/h5,8,11,23H,3-4,6-7,9-10,12H2,1-2H3,(H,25,26)(H,27,28). The van der Waals surface area contributed by atoms with Crippen molar-refractivity contribution in [2.24, 2.45) is 4.99 Å². The van der Waals surface area contributed by atoms with Gasteiger partial charge in [-0.1, -0.05) is 0 Å². The van der Waals surface area contributed by atoms with Gasteiger partial charge in [-0.05, 0) is 26.3 Å². The van der Waals surface area contributed by atoms with E-state index in [1.807, 2.05) is 19.9 Å². The Labute approximate surface area is 179 Å². The number of aromatic amines is 1. The molecule has 7 nitrogen and oxygen atoms in total. The summed E-state index contributed by atoms with van der Waals surface area (Å²) in [6.45, 7) is 6.09. The number of anilines is 1. The van der Waals surface area contributed by atoms with Crippen LogP contribution in [-0.2, 0) is 12.8 Å². The van der Waals surface area contributed by atoms with Crippen LogP contribution in [0.5, 0.6) is 0 Å². The lowest BCUT2D eigenvalue weighted by Gasteiger charge is -2.10. The summed E-state index contributed by atoms with van der Waals surface area (Å²) >= 11 is 1.67. The molecule has 0 saturated heterocycles. The van der Waals surface area contributed by atoms with Crippen LogP contribution in [0, 0.1) is 13.8 Å². The highest BCUT2D eigenvalue weighted by Crippen LogP contribution is 2.27. The van der Waals surface area contributed by atoms with Crippen molar-refractivity contribution in [3.05, 3.63) is 46.0 Å². The molecule has 1 aliphatic heterocycles. The number of nitrogens with zero attached hydrogens (tertiary/aromatic N) is 4. The van der Waals surface area contributed by atoms with Crippen molar-refractivity contribution in [2.75, 3.05) is 25.0 Å². The van der Waals surface area contributed by atoms with Gasteiger partial charge in [-0.2, -0.15) is 0 Å². The number of imidazole rings is 1. The zero-order chi connectivity index (χ0) is 20.9. The highest BCUT2D eigenvalue weighted by atomic mass is 32.1. The third-order valence-corrected chi connectivity index (χ3v) is 6.14. The molecule has 158 valence electrons.